The Morgan fingerprint density at radius 1 is 0.600 bits per heavy atom. The van der Waals surface area contributed by atoms with Crippen LogP contribution in [0.2, 0.25) is 0 Å². The van der Waals surface area contributed by atoms with Crippen molar-refractivity contribution in [1.29, 1.82) is 0 Å². The SMILES string of the molecule is CC(C)CCCCCCCCCCCCCCC[NH2+][O-]. The van der Waals surface area contributed by atoms with E-state index in [1.54, 1.807) is 0 Å². The number of nitrogens with two attached hydrogens (primary N) is 1. The van der Waals surface area contributed by atoms with Gasteiger partial charge in [0.1, 0.15) is 0 Å². The summed E-state index contributed by atoms with van der Waals surface area (Å²) in [4.78, 5) is 0. The highest BCUT2D eigenvalue weighted by Crippen LogP contribution is 2.14. The summed E-state index contributed by atoms with van der Waals surface area (Å²) >= 11 is 0. The largest absolute Gasteiger partial charge is 0.636 e. The lowest BCUT2D eigenvalue weighted by Crippen LogP contribution is -2.77. The molecule has 0 aliphatic carbocycles. The molecule has 0 aliphatic rings. The van der Waals surface area contributed by atoms with Crippen LogP contribution in [-0.4, -0.2) is 6.54 Å². The molecule has 2 nitrogen and oxygen atoms in total. The van der Waals surface area contributed by atoms with Gasteiger partial charge in [-0.05, 0) is 18.8 Å². The third kappa shape index (κ3) is 17.9. The van der Waals surface area contributed by atoms with Gasteiger partial charge in [-0.1, -0.05) is 90.9 Å². The van der Waals surface area contributed by atoms with Crippen LogP contribution in [0.15, 0.2) is 0 Å². The van der Waals surface area contributed by atoms with Gasteiger partial charge in [-0.2, -0.15) is 0 Å². The van der Waals surface area contributed by atoms with Gasteiger partial charge in [0.15, 0.2) is 0 Å². The van der Waals surface area contributed by atoms with Gasteiger partial charge in [0.2, 0.25) is 0 Å². The smallest absolute Gasteiger partial charge is 0.0752 e. The van der Waals surface area contributed by atoms with Gasteiger partial charge < -0.3 is 10.7 Å². The lowest BCUT2D eigenvalue weighted by Gasteiger charge is -2.05. The average Bonchev–Trinajstić information content (AvgIpc) is 2.43. The monoisotopic (exact) mass is 285 g/mol. The molecule has 0 fully saturated rings. The highest BCUT2D eigenvalue weighted by molar-refractivity contribution is 4.50. The Morgan fingerprint density at radius 2 is 0.950 bits per heavy atom. The molecule has 0 rings (SSSR count). The van der Waals surface area contributed by atoms with Crippen molar-refractivity contribution in [1.82, 2.24) is 0 Å². The van der Waals surface area contributed by atoms with Crippen molar-refractivity contribution in [2.24, 2.45) is 5.92 Å². The highest BCUT2D eigenvalue weighted by Gasteiger charge is 1.95. The minimum Gasteiger partial charge on any atom is -0.636 e. The van der Waals surface area contributed by atoms with Crippen LogP contribution in [0.5, 0.6) is 0 Å². The molecule has 0 heterocycles. The van der Waals surface area contributed by atoms with E-state index in [4.69, 9.17) is 0 Å². The van der Waals surface area contributed by atoms with Crippen molar-refractivity contribution in [2.45, 2.75) is 104 Å². The van der Waals surface area contributed by atoms with Crippen LogP contribution < -0.4 is 5.48 Å². The molecule has 0 aromatic heterocycles. The fourth-order valence-corrected chi connectivity index (χ4v) is 2.72. The zero-order chi connectivity index (χ0) is 14.9. The molecule has 0 aliphatic heterocycles. The van der Waals surface area contributed by atoms with E-state index in [0.29, 0.717) is 0 Å². The maximum atomic E-state index is 10.2. The van der Waals surface area contributed by atoms with Crippen LogP contribution in [0.1, 0.15) is 104 Å². The molecule has 0 unspecified atom stereocenters. The Hall–Kier alpha value is -0.0800. The van der Waals surface area contributed by atoms with Crippen molar-refractivity contribution in [2.75, 3.05) is 6.54 Å². The molecule has 0 radical (unpaired) electrons. The molecule has 0 bridgehead atoms. The predicted octanol–water partition coefficient (Wildman–Crippen LogP) is 5.17. The molecule has 122 valence electrons. The van der Waals surface area contributed by atoms with Crippen molar-refractivity contribution in [3.8, 4) is 0 Å². The van der Waals surface area contributed by atoms with E-state index in [1.165, 1.54) is 83.5 Å². The molecule has 0 aromatic rings. The Bertz CT molecular complexity index is 171. The number of quaternary nitrogens is 1. The van der Waals surface area contributed by atoms with E-state index < -0.39 is 0 Å². The Morgan fingerprint density at radius 3 is 1.30 bits per heavy atom. The highest BCUT2D eigenvalue weighted by atomic mass is 16.5. The molecule has 0 saturated heterocycles. The number of unbranched alkanes of at least 4 members (excludes halogenated alkanes) is 12. The number of hydroxylamine groups is 1. The van der Waals surface area contributed by atoms with Gasteiger partial charge >= 0.3 is 0 Å². The Balaban J connectivity index is 2.92. The standard InChI is InChI=1S/C18H39NO/c1-18(2)16-14-12-10-8-6-4-3-5-7-9-11-13-15-17-19-20/h18H,3-17,19H2,1-2H3. The van der Waals surface area contributed by atoms with Gasteiger partial charge in [0, 0.05) is 0 Å². The molecule has 0 spiro atoms. The van der Waals surface area contributed by atoms with Gasteiger partial charge in [-0.3, -0.25) is 0 Å². The van der Waals surface area contributed by atoms with Crippen molar-refractivity contribution < 1.29 is 5.48 Å². The normalized spacial score (nSPS) is 11.4. The van der Waals surface area contributed by atoms with Crippen LogP contribution in [0.3, 0.4) is 0 Å². The third-order valence-corrected chi connectivity index (χ3v) is 4.10. The summed E-state index contributed by atoms with van der Waals surface area (Å²) in [6.45, 7) is 5.40. The van der Waals surface area contributed by atoms with E-state index in [0.717, 1.165) is 24.4 Å². The summed E-state index contributed by atoms with van der Waals surface area (Å²) in [5.74, 6) is 0.883. The molecular formula is C18H39NO. The van der Waals surface area contributed by atoms with E-state index in [2.05, 4.69) is 13.8 Å². The molecule has 2 N–H and O–H groups in total. The summed E-state index contributed by atoms with van der Waals surface area (Å²) in [5, 5.41) is 10.2. The summed E-state index contributed by atoms with van der Waals surface area (Å²) in [5.41, 5.74) is 1.04. The van der Waals surface area contributed by atoms with Gasteiger partial charge in [0.05, 0.1) is 6.54 Å². The number of hydrogen-bond donors (Lipinski definition) is 1. The topological polar surface area (TPSA) is 39.7 Å². The first kappa shape index (κ1) is 19.9. The second kappa shape index (κ2) is 17.0. The number of rotatable bonds is 16. The van der Waals surface area contributed by atoms with E-state index in [1.807, 2.05) is 0 Å². The predicted molar refractivity (Wildman–Crippen MR) is 89.6 cm³/mol. The molecule has 20 heavy (non-hydrogen) atoms. The molecule has 0 atom stereocenters. The summed E-state index contributed by atoms with van der Waals surface area (Å²) in [7, 11) is 0. The Labute approximate surface area is 127 Å². The third-order valence-electron chi connectivity index (χ3n) is 4.10. The zero-order valence-corrected chi connectivity index (χ0v) is 14.2. The summed E-state index contributed by atoms with van der Waals surface area (Å²) < 4.78 is 0. The minimum atomic E-state index is 0.761. The zero-order valence-electron chi connectivity index (χ0n) is 14.2. The first-order valence-electron chi connectivity index (χ1n) is 9.21. The van der Waals surface area contributed by atoms with Gasteiger partial charge in [-0.15, -0.1) is 0 Å². The second-order valence-corrected chi connectivity index (χ2v) is 6.73. The molecule has 0 saturated carbocycles. The van der Waals surface area contributed by atoms with E-state index in [9.17, 15) is 5.21 Å². The van der Waals surface area contributed by atoms with E-state index in [-0.39, 0.29) is 0 Å². The molecule has 0 aromatic carbocycles. The van der Waals surface area contributed by atoms with E-state index >= 15 is 0 Å². The van der Waals surface area contributed by atoms with Crippen LogP contribution in [0.4, 0.5) is 0 Å². The molecule has 0 amide bonds. The lowest BCUT2D eigenvalue weighted by molar-refractivity contribution is -0.589. The molecular weight excluding hydrogens is 246 g/mol. The van der Waals surface area contributed by atoms with Crippen molar-refractivity contribution in [3.63, 3.8) is 0 Å². The maximum absolute atomic E-state index is 10.2. The first-order chi connectivity index (χ1) is 9.77. The summed E-state index contributed by atoms with van der Waals surface area (Å²) in [6, 6.07) is 0. The average molecular weight is 286 g/mol. The van der Waals surface area contributed by atoms with Crippen LogP contribution in [0.25, 0.3) is 0 Å². The molecule has 2 heteroatoms. The lowest BCUT2D eigenvalue weighted by atomic mass is 10.0. The first-order valence-corrected chi connectivity index (χ1v) is 9.21. The second-order valence-electron chi connectivity index (χ2n) is 6.73. The maximum Gasteiger partial charge on any atom is 0.0752 e. The quantitative estimate of drug-likeness (QED) is 0.308. The van der Waals surface area contributed by atoms with Crippen LogP contribution in [0, 0.1) is 11.1 Å². The fraction of sp³-hybridized carbons (Fsp3) is 1.00. The van der Waals surface area contributed by atoms with Crippen LogP contribution >= 0.6 is 0 Å². The van der Waals surface area contributed by atoms with Gasteiger partial charge in [-0.25, -0.2) is 0 Å². The number of hydrogen-bond acceptors (Lipinski definition) is 1. The van der Waals surface area contributed by atoms with Gasteiger partial charge in [0.25, 0.3) is 0 Å². The van der Waals surface area contributed by atoms with Crippen molar-refractivity contribution in [3.05, 3.63) is 5.21 Å². The minimum absolute atomic E-state index is 0.761. The fourth-order valence-electron chi connectivity index (χ4n) is 2.72. The van der Waals surface area contributed by atoms with Crippen molar-refractivity contribution >= 4 is 0 Å². The van der Waals surface area contributed by atoms with Crippen LogP contribution in [-0.2, 0) is 0 Å². The Kier molecular flexibility index (Phi) is 16.9. The summed E-state index contributed by atoms with van der Waals surface area (Å²) in [6.07, 6.45) is 19.3.